The number of hydrogen-bond donors (Lipinski definition) is 1. The Morgan fingerprint density at radius 3 is 2.57 bits per heavy atom. The summed E-state index contributed by atoms with van der Waals surface area (Å²) in [7, 11) is 0. The van der Waals surface area contributed by atoms with Crippen LogP contribution in [0.15, 0.2) is 36.4 Å². The van der Waals surface area contributed by atoms with E-state index in [1.165, 1.54) is 12.1 Å². The van der Waals surface area contributed by atoms with Crippen LogP contribution in [-0.2, 0) is 0 Å². The molecular formula is C21H19FN6OS. The molecule has 0 spiro atoms. The van der Waals surface area contributed by atoms with E-state index in [4.69, 9.17) is 0 Å². The van der Waals surface area contributed by atoms with Gasteiger partial charge in [0.05, 0.1) is 11.4 Å². The van der Waals surface area contributed by atoms with E-state index in [0.29, 0.717) is 22.2 Å². The monoisotopic (exact) mass is 422 g/mol. The fraction of sp³-hybridized carbons (Fsp3) is 0.190. The zero-order valence-corrected chi connectivity index (χ0v) is 17.7. The Balaban J connectivity index is 1.58. The molecule has 9 heteroatoms. The van der Waals surface area contributed by atoms with Crippen LogP contribution < -0.4 is 5.32 Å². The van der Waals surface area contributed by atoms with Crippen LogP contribution in [0.25, 0.3) is 17.2 Å². The van der Waals surface area contributed by atoms with Crippen LogP contribution in [-0.4, -0.2) is 30.3 Å². The van der Waals surface area contributed by atoms with Gasteiger partial charge >= 0.3 is 0 Å². The molecule has 1 amide bonds. The van der Waals surface area contributed by atoms with Crippen molar-refractivity contribution in [2.24, 2.45) is 0 Å². The Morgan fingerprint density at radius 1 is 1.03 bits per heavy atom. The minimum Gasteiger partial charge on any atom is -0.297 e. The van der Waals surface area contributed by atoms with E-state index < -0.39 is 0 Å². The standard InChI is InChI=1S/C21H19FN6OS/c1-11-5-6-15(9-12(11)2)20(29)24-21-23-19(26-30-21)18-14(4)28(27-25-18)17-8-7-16(22)10-13(17)3/h5-10H,1-4H3,(H,23,24,26,29). The lowest BCUT2D eigenvalue weighted by atomic mass is 10.1. The van der Waals surface area contributed by atoms with Crippen LogP contribution in [0.1, 0.15) is 32.7 Å². The molecular weight excluding hydrogens is 403 g/mol. The second-order valence-electron chi connectivity index (χ2n) is 7.04. The number of carbonyl (C=O) groups is 1. The molecule has 1 N–H and O–H groups in total. The van der Waals surface area contributed by atoms with Gasteiger partial charge in [-0.25, -0.2) is 9.07 Å². The van der Waals surface area contributed by atoms with Crippen molar-refractivity contribution < 1.29 is 9.18 Å². The lowest BCUT2D eigenvalue weighted by Gasteiger charge is -2.07. The molecule has 0 atom stereocenters. The zero-order chi connectivity index (χ0) is 21.4. The fourth-order valence-corrected chi connectivity index (χ4v) is 3.61. The summed E-state index contributed by atoms with van der Waals surface area (Å²) in [4.78, 5) is 16.9. The van der Waals surface area contributed by atoms with Gasteiger partial charge in [-0.05, 0) is 74.7 Å². The highest BCUT2D eigenvalue weighted by Crippen LogP contribution is 2.25. The summed E-state index contributed by atoms with van der Waals surface area (Å²) in [6.45, 7) is 7.61. The van der Waals surface area contributed by atoms with Gasteiger partial charge in [-0.1, -0.05) is 11.3 Å². The molecule has 0 bridgehead atoms. The number of hydrogen-bond acceptors (Lipinski definition) is 6. The van der Waals surface area contributed by atoms with Crippen LogP contribution in [0.2, 0.25) is 0 Å². The Morgan fingerprint density at radius 2 is 1.83 bits per heavy atom. The summed E-state index contributed by atoms with van der Waals surface area (Å²) in [6.07, 6.45) is 0. The zero-order valence-electron chi connectivity index (χ0n) is 16.9. The second kappa shape index (κ2) is 7.75. The van der Waals surface area contributed by atoms with E-state index in [2.05, 4.69) is 25.0 Å². The van der Waals surface area contributed by atoms with E-state index in [0.717, 1.165) is 39.6 Å². The van der Waals surface area contributed by atoms with Crippen molar-refractivity contribution in [2.75, 3.05) is 5.32 Å². The van der Waals surface area contributed by atoms with E-state index >= 15 is 0 Å². The largest absolute Gasteiger partial charge is 0.297 e. The lowest BCUT2D eigenvalue weighted by molar-refractivity contribution is 0.102. The van der Waals surface area contributed by atoms with E-state index in [-0.39, 0.29) is 11.7 Å². The molecule has 0 saturated carbocycles. The summed E-state index contributed by atoms with van der Waals surface area (Å²) in [5.74, 6) is -0.179. The van der Waals surface area contributed by atoms with Crippen molar-refractivity contribution in [1.82, 2.24) is 24.4 Å². The van der Waals surface area contributed by atoms with Crippen LogP contribution in [0.3, 0.4) is 0 Å². The summed E-state index contributed by atoms with van der Waals surface area (Å²) in [6, 6.07) is 10.0. The van der Waals surface area contributed by atoms with Crippen molar-refractivity contribution in [2.45, 2.75) is 27.7 Å². The Hall–Kier alpha value is -3.46. The van der Waals surface area contributed by atoms with E-state index in [1.54, 1.807) is 23.7 Å². The fourth-order valence-electron chi connectivity index (χ4n) is 3.04. The molecule has 4 aromatic rings. The lowest BCUT2D eigenvalue weighted by Crippen LogP contribution is -2.12. The van der Waals surface area contributed by atoms with Gasteiger partial charge < -0.3 is 0 Å². The van der Waals surface area contributed by atoms with Gasteiger partial charge in [0.1, 0.15) is 5.82 Å². The van der Waals surface area contributed by atoms with Gasteiger partial charge in [-0.2, -0.15) is 9.36 Å². The number of nitrogens with one attached hydrogen (secondary N) is 1. The Labute approximate surface area is 176 Å². The third-order valence-electron chi connectivity index (χ3n) is 4.91. The van der Waals surface area contributed by atoms with Crippen molar-refractivity contribution >= 4 is 22.6 Å². The maximum Gasteiger partial charge on any atom is 0.257 e. The molecule has 0 unspecified atom stereocenters. The molecule has 30 heavy (non-hydrogen) atoms. The third-order valence-corrected chi connectivity index (χ3v) is 5.54. The number of nitrogens with zero attached hydrogens (tertiary/aromatic N) is 5. The van der Waals surface area contributed by atoms with E-state index in [1.807, 2.05) is 32.9 Å². The minimum atomic E-state index is -0.306. The molecule has 0 fully saturated rings. The number of carbonyl (C=O) groups excluding carboxylic acids is 1. The number of benzene rings is 2. The highest BCUT2D eigenvalue weighted by Gasteiger charge is 2.19. The van der Waals surface area contributed by atoms with E-state index in [9.17, 15) is 9.18 Å². The van der Waals surface area contributed by atoms with Gasteiger partial charge in [0.2, 0.25) is 5.13 Å². The molecule has 7 nitrogen and oxygen atoms in total. The first kappa shape index (κ1) is 19.8. The molecule has 2 aromatic carbocycles. The highest BCUT2D eigenvalue weighted by atomic mass is 32.1. The summed E-state index contributed by atoms with van der Waals surface area (Å²) in [5, 5.41) is 11.5. The number of aryl methyl sites for hydroxylation is 3. The maximum atomic E-state index is 13.4. The van der Waals surface area contributed by atoms with Crippen LogP contribution in [0.4, 0.5) is 9.52 Å². The second-order valence-corrected chi connectivity index (χ2v) is 7.79. The molecule has 2 aromatic heterocycles. The van der Waals surface area contributed by atoms with Crippen molar-refractivity contribution in [3.05, 3.63) is 70.2 Å². The molecule has 0 aliphatic heterocycles. The minimum absolute atomic E-state index is 0.247. The van der Waals surface area contributed by atoms with Gasteiger partial charge in [-0.15, -0.1) is 5.10 Å². The smallest absolute Gasteiger partial charge is 0.257 e. The van der Waals surface area contributed by atoms with Gasteiger partial charge in [0.25, 0.3) is 5.91 Å². The number of anilines is 1. The molecule has 0 aliphatic carbocycles. The first-order chi connectivity index (χ1) is 14.3. The van der Waals surface area contributed by atoms with Crippen LogP contribution in [0, 0.1) is 33.5 Å². The average Bonchev–Trinajstić information content (AvgIpc) is 3.30. The number of amides is 1. The Kier molecular flexibility index (Phi) is 5.13. The predicted octanol–water partition coefficient (Wildman–Crippen LogP) is 4.41. The predicted molar refractivity (Wildman–Crippen MR) is 114 cm³/mol. The quantitative estimate of drug-likeness (QED) is 0.526. The van der Waals surface area contributed by atoms with Crippen molar-refractivity contribution in [3.8, 4) is 17.2 Å². The SMILES string of the molecule is Cc1ccc(C(=O)Nc2nc(-c3nnn(-c4ccc(F)cc4C)c3C)ns2)cc1C. The molecule has 0 aliphatic rings. The highest BCUT2D eigenvalue weighted by molar-refractivity contribution is 7.10. The van der Waals surface area contributed by atoms with Gasteiger partial charge in [-0.3, -0.25) is 10.1 Å². The molecule has 0 saturated heterocycles. The maximum absolute atomic E-state index is 13.4. The average molecular weight is 422 g/mol. The van der Waals surface area contributed by atoms with Gasteiger partial charge in [0, 0.05) is 17.1 Å². The summed E-state index contributed by atoms with van der Waals surface area (Å²) >= 11 is 1.07. The van der Waals surface area contributed by atoms with Crippen molar-refractivity contribution in [1.29, 1.82) is 0 Å². The van der Waals surface area contributed by atoms with Gasteiger partial charge in [0.15, 0.2) is 11.5 Å². The summed E-state index contributed by atoms with van der Waals surface area (Å²) in [5.41, 5.74) is 5.41. The molecule has 152 valence electrons. The third kappa shape index (κ3) is 3.71. The number of halogens is 1. The Bertz CT molecular complexity index is 1260. The normalized spacial score (nSPS) is 11.0. The number of rotatable bonds is 4. The van der Waals surface area contributed by atoms with Crippen LogP contribution in [0.5, 0.6) is 0 Å². The molecule has 2 heterocycles. The topological polar surface area (TPSA) is 85.6 Å². The van der Waals surface area contributed by atoms with Crippen molar-refractivity contribution in [3.63, 3.8) is 0 Å². The molecule has 4 rings (SSSR count). The molecule has 0 radical (unpaired) electrons. The van der Waals surface area contributed by atoms with Crippen LogP contribution >= 0.6 is 11.5 Å². The number of aromatic nitrogens is 5. The first-order valence-electron chi connectivity index (χ1n) is 9.25. The first-order valence-corrected chi connectivity index (χ1v) is 10.0. The summed E-state index contributed by atoms with van der Waals surface area (Å²) < 4.78 is 19.3.